The van der Waals surface area contributed by atoms with E-state index in [0.29, 0.717) is 83.3 Å². The third kappa shape index (κ3) is 12.2. The SMILES string of the molecule is CCC1=CN2C(=O)c3cc(OC)c(OCCCOc4cc5c(cc4OC)C(=O)N4C=C(c6ccc(NC(=O)[C@@H](C)CC(=O)[C@H](NC(=O)CCCCCN7C(=O)C(Br)=C(Br)C7=O)C(C)C)cc6)C[C@H]4C=N5)cc3N=C[C@@H]2C1. The largest absolute Gasteiger partial charge is 0.493 e. The summed E-state index contributed by atoms with van der Waals surface area (Å²) >= 11 is 6.23. The standard InChI is InChI=1S/C56H61Br2N7O11/c1-7-33-21-37-27-59-41-25-46(44(73-5)23-39(41)53(69)64(37)29-33)75-18-11-19-76-47-26-42-40(24-45(47)74-6)54(70)65-30-35(22-38(65)28-60-42)34-13-15-36(16-14-34)61-52(68)32(4)20-43(66)51(31(2)3)62-48(67)12-9-8-10-17-63-55(71)49(57)50(58)56(63)72/h13-16,23-32,37-38,51H,7-12,17-22H2,1-6H3,(H,61,68)(H,62,67)/t32-,37-,38-,51+/m0/s1. The van der Waals surface area contributed by atoms with Gasteiger partial charge in [-0.1, -0.05) is 51.8 Å². The van der Waals surface area contributed by atoms with Crippen LogP contribution in [0.4, 0.5) is 17.1 Å². The minimum Gasteiger partial charge on any atom is -0.493 e. The third-order valence-corrected chi connectivity index (χ3v) is 15.9. The highest BCUT2D eigenvalue weighted by Gasteiger charge is 2.37. The molecule has 76 heavy (non-hydrogen) atoms. The molecule has 0 spiro atoms. The van der Waals surface area contributed by atoms with E-state index in [1.165, 1.54) is 19.8 Å². The molecule has 0 bridgehead atoms. The Morgan fingerprint density at radius 3 is 1.83 bits per heavy atom. The number of carbonyl (C=O) groups excluding carboxylic acids is 7. The molecule has 0 aromatic heterocycles. The Bertz CT molecular complexity index is 2960. The Kier molecular flexibility index (Phi) is 17.7. The van der Waals surface area contributed by atoms with Crippen molar-refractivity contribution in [2.75, 3.05) is 39.3 Å². The number of ether oxygens (including phenoxy) is 4. The number of methoxy groups -OCH3 is 2. The van der Waals surface area contributed by atoms with Crippen molar-refractivity contribution >= 4 is 108 Å². The highest BCUT2D eigenvalue weighted by atomic mass is 79.9. The number of rotatable bonds is 23. The van der Waals surface area contributed by atoms with E-state index in [0.717, 1.165) is 28.9 Å². The van der Waals surface area contributed by atoms with Crippen LogP contribution in [0.25, 0.3) is 5.57 Å². The zero-order valence-electron chi connectivity index (χ0n) is 43.3. The van der Waals surface area contributed by atoms with Gasteiger partial charge in [0.2, 0.25) is 11.8 Å². The molecule has 400 valence electrons. The minimum atomic E-state index is -0.769. The maximum atomic E-state index is 14.1. The zero-order valence-corrected chi connectivity index (χ0v) is 46.5. The first-order valence-electron chi connectivity index (χ1n) is 25.5. The van der Waals surface area contributed by atoms with Gasteiger partial charge >= 0.3 is 0 Å². The van der Waals surface area contributed by atoms with E-state index < -0.39 is 23.8 Å². The highest BCUT2D eigenvalue weighted by Crippen LogP contribution is 2.42. The quantitative estimate of drug-likeness (QED) is 0.0674. The van der Waals surface area contributed by atoms with E-state index in [4.69, 9.17) is 23.9 Å². The van der Waals surface area contributed by atoms with E-state index in [2.05, 4.69) is 54.4 Å². The molecule has 3 aromatic rings. The van der Waals surface area contributed by atoms with Crippen LogP contribution in [0.15, 0.2) is 85.5 Å². The number of hydrogen-bond acceptors (Lipinski definition) is 13. The van der Waals surface area contributed by atoms with Crippen LogP contribution in [0.1, 0.15) is 112 Å². The molecule has 2 N–H and O–H groups in total. The number of hydrogen-bond donors (Lipinski definition) is 2. The Morgan fingerprint density at radius 2 is 1.28 bits per heavy atom. The Morgan fingerprint density at radius 1 is 0.711 bits per heavy atom. The molecule has 5 aliphatic rings. The topological polar surface area (TPSA) is 215 Å². The molecular weight excluding hydrogens is 1110 g/mol. The molecule has 8 rings (SSSR count). The van der Waals surface area contributed by atoms with Gasteiger partial charge in [0.15, 0.2) is 28.8 Å². The van der Waals surface area contributed by atoms with E-state index >= 15 is 0 Å². The molecule has 4 atom stereocenters. The normalized spacial score (nSPS) is 18.4. The predicted molar refractivity (Wildman–Crippen MR) is 294 cm³/mol. The maximum Gasteiger partial charge on any atom is 0.269 e. The summed E-state index contributed by atoms with van der Waals surface area (Å²) in [6, 6.07) is 12.8. The number of Topliss-reactive ketones (excluding diaryl/α,β-unsaturated/α-hetero) is 1. The maximum absolute atomic E-state index is 14.1. The fraction of sp³-hybridized carbons (Fsp3) is 0.411. The summed E-state index contributed by atoms with van der Waals surface area (Å²) in [5, 5.41) is 5.74. The number of unbranched alkanes of at least 4 members (excludes halogenated alkanes) is 2. The van der Waals surface area contributed by atoms with Crippen molar-refractivity contribution < 1.29 is 52.5 Å². The first-order chi connectivity index (χ1) is 36.5. The summed E-state index contributed by atoms with van der Waals surface area (Å²) in [4.78, 5) is 105. The number of ketones is 1. The van der Waals surface area contributed by atoms with Crippen molar-refractivity contribution in [1.82, 2.24) is 20.0 Å². The van der Waals surface area contributed by atoms with E-state index in [1.54, 1.807) is 59.3 Å². The van der Waals surface area contributed by atoms with Gasteiger partial charge in [0.25, 0.3) is 23.6 Å². The molecule has 18 nitrogen and oxygen atoms in total. The van der Waals surface area contributed by atoms with Gasteiger partial charge in [0.05, 0.1) is 68.1 Å². The van der Waals surface area contributed by atoms with Crippen molar-refractivity contribution in [3.05, 3.63) is 92.2 Å². The number of fused-ring (bicyclic) bond motifs is 4. The van der Waals surface area contributed by atoms with E-state index in [1.807, 2.05) is 44.6 Å². The monoisotopic (exact) mass is 1170 g/mol. The molecule has 0 aliphatic carbocycles. The Labute approximate surface area is 458 Å². The second kappa shape index (κ2) is 24.4. The molecular formula is C56H61Br2N7O11. The van der Waals surface area contributed by atoms with Gasteiger partial charge in [-0.05, 0) is 98.9 Å². The van der Waals surface area contributed by atoms with Crippen LogP contribution in [0.3, 0.4) is 0 Å². The second-order valence-electron chi connectivity index (χ2n) is 19.5. The van der Waals surface area contributed by atoms with Crippen LogP contribution in [0.2, 0.25) is 0 Å². The Hall–Kier alpha value is -6.93. The van der Waals surface area contributed by atoms with Crippen LogP contribution >= 0.6 is 31.9 Å². The van der Waals surface area contributed by atoms with Crippen molar-refractivity contribution in [2.45, 2.75) is 104 Å². The summed E-state index contributed by atoms with van der Waals surface area (Å²) in [5.74, 6) is -1.24. The highest BCUT2D eigenvalue weighted by molar-refractivity contribution is 9.14. The van der Waals surface area contributed by atoms with Crippen LogP contribution in [-0.4, -0.2) is 120 Å². The summed E-state index contributed by atoms with van der Waals surface area (Å²) in [7, 11) is 3.04. The number of nitrogens with zero attached hydrogens (tertiary/aromatic N) is 5. The average molecular weight is 1170 g/mol. The van der Waals surface area contributed by atoms with Gasteiger partial charge in [-0.3, -0.25) is 48.4 Å². The van der Waals surface area contributed by atoms with Gasteiger partial charge in [0.1, 0.15) is 8.96 Å². The lowest BCUT2D eigenvalue weighted by molar-refractivity contribution is -0.137. The number of amides is 6. The van der Waals surface area contributed by atoms with E-state index in [-0.39, 0.29) is 89.0 Å². The summed E-state index contributed by atoms with van der Waals surface area (Å²) < 4.78 is 23.9. The molecule has 0 unspecified atom stereocenters. The van der Waals surface area contributed by atoms with Crippen LogP contribution in [0.5, 0.6) is 23.0 Å². The number of imide groups is 1. The molecule has 3 aromatic carbocycles. The smallest absolute Gasteiger partial charge is 0.269 e. The Balaban J connectivity index is 0.796. The lowest BCUT2D eigenvalue weighted by Gasteiger charge is -2.23. The number of halogens is 2. The number of aliphatic imine (C=N–C) groups is 2. The van der Waals surface area contributed by atoms with Crippen LogP contribution < -0.4 is 29.6 Å². The first kappa shape index (κ1) is 55.3. The lowest BCUT2D eigenvalue weighted by Crippen LogP contribution is -2.45. The fourth-order valence-corrected chi connectivity index (χ4v) is 10.3. The lowest BCUT2D eigenvalue weighted by atomic mass is 9.92. The van der Waals surface area contributed by atoms with Gasteiger partial charge in [-0.25, -0.2) is 0 Å². The first-order valence-corrected chi connectivity index (χ1v) is 27.1. The van der Waals surface area contributed by atoms with Crippen molar-refractivity contribution in [3.8, 4) is 23.0 Å². The van der Waals surface area contributed by atoms with Crippen LogP contribution in [-0.2, 0) is 24.0 Å². The molecule has 6 amide bonds. The molecule has 20 heteroatoms. The number of nitrogens with one attached hydrogen (secondary N) is 2. The minimum absolute atomic E-state index is 0.0731. The summed E-state index contributed by atoms with van der Waals surface area (Å²) in [6.07, 6.45) is 11.7. The van der Waals surface area contributed by atoms with Crippen molar-refractivity contribution in [1.29, 1.82) is 0 Å². The zero-order chi connectivity index (χ0) is 54.4. The average Bonchev–Trinajstić information content (AvgIpc) is 4.07. The summed E-state index contributed by atoms with van der Waals surface area (Å²) in [6.45, 7) is 8.20. The molecule has 5 heterocycles. The van der Waals surface area contributed by atoms with Gasteiger partial charge in [-0.15, -0.1) is 0 Å². The van der Waals surface area contributed by atoms with E-state index in [9.17, 15) is 33.6 Å². The van der Waals surface area contributed by atoms with Gasteiger partial charge in [-0.2, -0.15) is 0 Å². The number of benzene rings is 3. The van der Waals surface area contributed by atoms with Crippen molar-refractivity contribution in [2.24, 2.45) is 21.8 Å². The molecule has 0 saturated carbocycles. The third-order valence-electron chi connectivity index (χ3n) is 13.9. The predicted octanol–water partition coefficient (Wildman–Crippen LogP) is 9.35. The second-order valence-corrected chi connectivity index (χ2v) is 21.1. The molecule has 0 saturated heterocycles. The van der Waals surface area contributed by atoms with Gasteiger partial charge in [0, 0.05) is 80.8 Å². The number of anilines is 1. The number of carbonyl (C=O) groups is 7. The van der Waals surface area contributed by atoms with Crippen LogP contribution in [0, 0.1) is 11.8 Å². The molecule has 0 fully saturated rings. The van der Waals surface area contributed by atoms with Gasteiger partial charge < -0.3 is 39.4 Å². The van der Waals surface area contributed by atoms with Crippen molar-refractivity contribution in [3.63, 3.8) is 0 Å². The fourth-order valence-electron chi connectivity index (χ4n) is 9.55. The molecule has 5 aliphatic heterocycles. The summed E-state index contributed by atoms with van der Waals surface area (Å²) in [5.41, 5.74) is 5.28. The molecule has 0 radical (unpaired) electrons.